The lowest BCUT2D eigenvalue weighted by molar-refractivity contribution is -0.149. The van der Waals surface area contributed by atoms with Crippen molar-refractivity contribution in [2.24, 2.45) is 5.41 Å². The molecule has 0 atom stereocenters. The minimum Gasteiger partial charge on any atom is -0.481 e. The van der Waals surface area contributed by atoms with Crippen molar-refractivity contribution >= 4 is 11.9 Å². The van der Waals surface area contributed by atoms with Gasteiger partial charge in [0.15, 0.2) is 5.76 Å². The average Bonchev–Trinajstić information content (AvgIpc) is 2.81. The minimum atomic E-state index is -0.912. The number of carbonyl (C=O) groups is 2. The molecule has 0 aliphatic heterocycles. The maximum atomic E-state index is 12.0. The van der Waals surface area contributed by atoms with Crippen LogP contribution >= 0.6 is 0 Å². The van der Waals surface area contributed by atoms with Crippen LogP contribution < -0.4 is 5.32 Å². The molecular formula is C15H23NO4. The molecule has 1 heterocycles. The van der Waals surface area contributed by atoms with Crippen molar-refractivity contribution in [1.82, 2.24) is 5.32 Å². The first-order valence-electron chi connectivity index (χ1n) is 7.01. The summed E-state index contributed by atoms with van der Waals surface area (Å²) in [5.74, 6) is -0.218. The zero-order valence-corrected chi connectivity index (χ0v) is 12.6. The van der Waals surface area contributed by atoms with E-state index in [9.17, 15) is 14.7 Å². The van der Waals surface area contributed by atoms with E-state index in [-0.39, 0.29) is 18.2 Å². The van der Waals surface area contributed by atoms with Gasteiger partial charge in [-0.2, -0.15) is 0 Å². The number of rotatable bonds is 7. The molecule has 0 unspecified atom stereocenters. The lowest BCUT2D eigenvalue weighted by Gasteiger charge is -2.26. The van der Waals surface area contributed by atoms with Gasteiger partial charge in [0, 0.05) is 13.0 Å². The van der Waals surface area contributed by atoms with Crippen LogP contribution in [-0.2, 0) is 11.2 Å². The Bertz CT molecular complexity index is 486. The first-order valence-corrected chi connectivity index (χ1v) is 7.01. The summed E-state index contributed by atoms with van der Waals surface area (Å²) in [6.45, 7) is 7.58. The van der Waals surface area contributed by atoms with E-state index in [4.69, 9.17) is 4.42 Å². The van der Waals surface area contributed by atoms with Crippen molar-refractivity contribution < 1.29 is 19.1 Å². The van der Waals surface area contributed by atoms with Crippen molar-refractivity contribution in [2.45, 2.75) is 47.0 Å². The second kappa shape index (κ2) is 6.59. The first-order chi connectivity index (χ1) is 9.40. The van der Waals surface area contributed by atoms with Crippen LogP contribution in [0.25, 0.3) is 0 Å². The van der Waals surface area contributed by atoms with Gasteiger partial charge in [-0.25, -0.2) is 0 Å². The molecule has 0 aromatic carbocycles. The van der Waals surface area contributed by atoms with Gasteiger partial charge in [0.1, 0.15) is 5.76 Å². The molecule has 1 aromatic heterocycles. The molecule has 0 saturated heterocycles. The van der Waals surface area contributed by atoms with Gasteiger partial charge in [-0.3, -0.25) is 9.59 Å². The molecule has 5 heteroatoms. The third kappa shape index (κ3) is 3.21. The maximum absolute atomic E-state index is 12.0. The summed E-state index contributed by atoms with van der Waals surface area (Å²) in [5.41, 5.74) is 0.0263. The first kappa shape index (κ1) is 16.3. The third-order valence-electron chi connectivity index (χ3n) is 3.96. The van der Waals surface area contributed by atoms with E-state index in [2.05, 4.69) is 5.32 Å². The molecule has 0 saturated carbocycles. The molecule has 2 N–H and O–H groups in total. The van der Waals surface area contributed by atoms with E-state index < -0.39 is 11.4 Å². The lowest BCUT2D eigenvalue weighted by Crippen LogP contribution is -2.42. The number of carboxylic acids is 1. The molecular weight excluding hydrogens is 258 g/mol. The van der Waals surface area contributed by atoms with Crippen LogP contribution in [0.4, 0.5) is 0 Å². The van der Waals surface area contributed by atoms with Crippen LogP contribution in [0.2, 0.25) is 0 Å². The van der Waals surface area contributed by atoms with E-state index >= 15 is 0 Å². The Morgan fingerprint density at radius 1 is 1.30 bits per heavy atom. The summed E-state index contributed by atoms with van der Waals surface area (Å²) >= 11 is 0. The molecule has 1 aromatic rings. The fourth-order valence-electron chi connectivity index (χ4n) is 2.20. The average molecular weight is 281 g/mol. The van der Waals surface area contributed by atoms with Gasteiger partial charge in [-0.1, -0.05) is 20.8 Å². The van der Waals surface area contributed by atoms with Gasteiger partial charge in [0.2, 0.25) is 0 Å². The van der Waals surface area contributed by atoms with Crippen molar-refractivity contribution in [3.05, 3.63) is 23.2 Å². The molecule has 0 fully saturated rings. The number of nitrogens with one attached hydrogen (secondary N) is 1. The Morgan fingerprint density at radius 3 is 2.30 bits per heavy atom. The molecule has 112 valence electrons. The summed E-state index contributed by atoms with van der Waals surface area (Å²) in [4.78, 5) is 23.4. The second-order valence-electron chi connectivity index (χ2n) is 5.05. The topological polar surface area (TPSA) is 79.5 Å². The standard InChI is InChI=1S/C15H23NO4/c1-5-11-10(4)8-12(20-11)13(17)16-9-15(6-2,7-3)14(18)19/h8H,5-7,9H2,1-4H3,(H,16,17)(H,18,19). The normalized spacial score (nSPS) is 11.4. The van der Waals surface area contributed by atoms with Crippen LogP contribution in [0.1, 0.15) is 55.5 Å². The van der Waals surface area contributed by atoms with E-state index in [0.29, 0.717) is 12.8 Å². The van der Waals surface area contributed by atoms with Crippen LogP contribution in [0, 0.1) is 12.3 Å². The molecule has 0 bridgehead atoms. The van der Waals surface area contributed by atoms with Crippen LogP contribution in [0.5, 0.6) is 0 Å². The fraction of sp³-hybridized carbons (Fsp3) is 0.600. The smallest absolute Gasteiger partial charge is 0.311 e. The largest absolute Gasteiger partial charge is 0.481 e. The summed E-state index contributed by atoms with van der Waals surface area (Å²) in [7, 11) is 0. The fourth-order valence-corrected chi connectivity index (χ4v) is 2.20. The number of hydrogen-bond donors (Lipinski definition) is 2. The van der Waals surface area contributed by atoms with Crippen LogP contribution in [0.15, 0.2) is 10.5 Å². The zero-order chi connectivity index (χ0) is 15.3. The van der Waals surface area contributed by atoms with E-state index in [1.165, 1.54) is 0 Å². The van der Waals surface area contributed by atoms with Gasteiger partial charge < -0.3 is 14.8 Å². The quantitative estimate of drug-likeness (QED) is 0.805. The summed E-state index contributed by atoms with van der Waals surface area (Å²) in [6.07, 6.45) is 1.66. The minimum absolute atomic E-state index is 0.107. The van der Waals surface area contributed by atoms with Crippen molar-refractivity contribution in [2.75, 3.05) is 6.54 Å². The SMILES string of the molecule is CCc1oc(C(=O)NCC(CC)(CC)C(=O)O)cc1C. The van der Waals surface area contributed by atoms with Gasteiger partial charge in [0.05, 0.1) is 5.41 Å². The highest BCUT2D eigenvalue weighted by molar-refractivity contribution is 5.92. The number of carbonyl (C=O) groups excluding carboxylic acids is 1. The number of amides is 1. The highest BCUT2D eigenvalue weighted by atomic mass is 16.4. The van der Waals surface area contributed by atoms with E-state index in [1.54, 1.807) is 6.07 Å². The van der Waals surface area contributed by atoms with Gasteiger partial charge in [-0.15, -0.1) is 0 Å². The predicted octanol–water partition coefficient (Wildman–Crippen LogP) is 2.77. The van der Waals surface area contributed by atoms with Gasteiger partial charge in [0.25, 0.3) is 5.91 Å². The van der Waals surface area contributed by atoms with E-state index in [0.717, 1.165) is 17.7 Å². The van der Waals surface area contributed by atoms with Gasteiger partial charge in [-0.05, 0) is 31.4 Å². The highest BCUT2D eigenvalue weighted by Gasteiger charge is 2.35. The Balaban J connectivity index is 2.77. The third-order valence-corrected chi connectivity index (χ3v) is 3.96. The second-order valence-corrected chi connectivity index (χ2v) is 5.05. The molecule has 0 spiro atoms. The predicted molar refractivity (Wildman–Crippen MR) is 75.8 cm³/mol. The molecule has 5 nitrogen and oxygen atoms in total. The van der Waals surface area contributed by atoms with Crippen molar-refractivity contribution in [1.29, 1.82) is 0 Å². The molecule has 0 aliphatic rings. The summed E-state index contributed by atoms with van der Waals surface area (Å²) in [5, 5.41) is 12.0. The number of carboxylic acid groups (broad SMARTS) is 1. The molecule has 20 heavy (non-hydrogen) atoms. The molecule has 1 rings (SSSR count). The highest BCUT2D eigenvalue weighted by Crippen LogP contribution is 2.26. The maximum Gasteiger partial charge on any atom is 0.311 e. The number of aryl methyl sites for hydroxylation is 2. The number of hydrogen-bond acceptors (Lipinski definition) is 3. The van der Waals surface area contributed by atoms with Crippen molar-refractivity contribution in [3.63, 3.8) is 0 Å². The Hall–Kier alpha value is -1.78. The monoisotopic (exact) mass is 281 g/mol. The molecule has 0 aliphatic carbocycles. The zero-order valence-electron chi connectivity index (χ0n) is 12.6. The summed E-state index contributed by atoms with van der Waals surface area (Å²) < 4.78 is 5.46. The summed E-state index contributed by atoms with van der Waals surface area (Å²) in [6, 6.07) is 1.69. The Labute approximate surface area is 119 Å². The molecule has 0 radical (unpaired) electrons. The van der Waals surface area contributed by atoms with Crippen LogP contribution in [-0.4, -0.2) is 23.5 Å². The van der Waals surface area contributed by atoms with Crippen LogP contribution in [0.3, 0.4) is 0 Å². The van der Waals surface area contributed by atoms with Crippen molar-refractivity contribution in [3.8, 4) is 0 Å². The molecule has 1 amide bonds. The van der Waals surface area contributed by atoms with Gasteiger partial charge >= 0.3 is 5.97 Å². The number of aliphatic carboxylic acids is 1. The Kier molecular flexibility index (Phi) is 5.36. The lowest BCUT2D eigenvalue weighted by atomic mass is 9.82. The number of furan rings is 1. The van der Waals surface area contributed by atoms with E-state index in [1.807, 2.05) is 27.7 Å². The Morgan fingerprint density at radius 2 is 1.90 bits per heavy atom.